The van der Waals surface area contributed by atoms with Crippen molar-refractivity contribution in [3.8, 4) is 0 Å². The maximum absolute atomic E-state index is 7.28. The van der Waals surface area contributed by atoms with Crippen LogP contribution in [0.4, 0.5) is 34.1 Å². The molecular formula is C121H102N6O2. The highest BCUT2D eigenvalue weighted by atomic mass is 16.3. The number of para-hydroxylation sites is 5. The molecule has 26 aromatic rings. The highest BCUT2D eigenvalue weighted by Crippen LogP contribution is 2.55. The van der Waals surface area contributed by atoms with Crippen LogP contribution in [0.5, 0.6) is 0 Å². The minimum absolute atomic E-state index is 0.0143. The zero-order valence-corrected chi connectivity index (χ0v) is 76.8. The Balaban J connectivity index is 0.596. The smallest absolute Gasteiger partial charge is 0.159 e. The van der Waals surface area contributed by atoms with Gasteiger partial charge in [0.05, 0.1) is 77.6 Å². The molecule has 16 aromatic carbocycles. The summed E-state index contributed by atoms with van der Waals surface area (Å²) in [6.45, 7) is 42.4. The molecule has 0 spiro atoms. The highest BCUT2D eigenvalue weighted by molar-refractivity contribution is 6.32. The van der Waals surface area contributed by atoms with E-state index in [4.69, 9.17) is 8.83 Å². The van der Waals surface area contributed by atoms with E-state index in [1.54, 1.807) is 0 Å². The molecule has 0 amide bonds. The van der Waals surface area contributed by atoms with E-state index in [0.717, 1.165) is 84.4 Å². The van der Waals surface area contributed by atoms with Gasteiger partial charge in [0.15, 0.2) is 11.2 Å². The van der Waals surface area contributed by atoms with E-state index in [9.17, 15) is 0 Å². The lowest BCUT2D eigenvalue weighted by molar-refractivity contribution is 0.523. The molecule has 0 radical (unpaired) electrons. The molecule has 129 heavy (non-hydrogen) atoms. The molecule has 26 rings (SSSR count). The van der Waals surface area contributed by atoms with Gasteiger partial charge >= 0.3 is 0 Å². The van der Waals surface area contributed by atoms with E-state index in [-0.39, 0.29) is 32.5 Å². The summed E-state index contributed by atoms with van der Waals surface area (Å²) >= 11 is 0. The standard InChI is InChI=1S/C121H102N6O2/c1-66-28-22-24-34-97(66)123(101-36-26-32-80-79-31-23-25-37-108(79)128-114(80)101)76-42-44-78-90-52-71(118(8,9)10)56-94-87-62-105-85(64-107(87)127(111(90)94)103(78)60-76)96-58-73(120(14,15)16)54-92-83-50-69(40-46-99(83)125(105)113(92)96)121(17,18)65-67-38-47-109-88(48-67)81-33-27-35-100(115(81)129-109)122(74-29-20-19-21-30-74)75-41-43-77-89-51-70(117(5,6)7)55-93-86-61-104-84(63-106(86)126(110(89)93)102(77)59-75)95-57-72(119(11,12)13)53-91-82-49-68(116(2,3)4)39-45-98(82)124(104)112(91)95/h19-64H,65H2,1-18H3. The molecule has 628 valence electrons. The number of fused-ring (bicyclic) bond motifs is 30. The fraction of sp³-hybridized carbons (Fsp3) is 0.207. The fourth-order valence-electron chi connectivity index (χ4n) is 22.9. The molecule has 8 heteroatoms. The Hall–Kier alpha value is -14.1. The fourth-order valence-corrected chi connectivity index (χ4v) is 22.9. The van der Waals surface area contributed by atoms with Gasteiger partial charge < -0.3 is 36.2 Å². The number of hydrogen-bond acceptors (Lipinski definition) is 4. The van der Waals surface area contributed by atoms with Crippen LogP contribution in [-0.2, 0) is 38.9 Å². The summed E-state index contributed by atoms with van der Waals surface area (Å²) < 4.78 is 24.5. The second-order valence-electron chi connectivity index (χ2n) is 43.6. The third kappa shape index (κ3) is 10.7. The van der Waals surface area contributed by atoms with Crippen LogP contribution in [0.25, 0.3) is 196 Å². The Labute approximate surface area is 748 Å². The normalized spacial score (nSPS) is 13.5. The summed E-state index contributed by atoms with van der Waals surface area (Å²) in [7, 11) is 0. The number of furan rings is 2. The molecular weight excluding hydrogens is 1570 g/mol. The Morgan fingerprint density at radius 1 is 0.225 bits per heavy atom. The van der Waals surface area contributed by atoms with Crippen molar-refractivity contribution in [1.29, 1.82) is 0 Å². The van der Waals surface area contributed by atoms with Gasteiger partial charge in [-0.15, -0.1) is 0 Å². The monoisotopic (exact) mass is 1670 g/mol. The second-order valence-corrected chi connectivity index (χ2v) is 43.6. The molecule has 0 N–H and O–H groups in total. The van der Waals surface area contributed by atoms with Gasteiger partial charge in [-0.1, -0.05) is 227 Å². The zero-order chi connectivity index (χ0) is 88.0. The number of hydrogen-bond donors (Lipinski definition) is 0. The molecule has 10 aromatic heterocycles. The van der Waals surface area contributed by atoms with Gasteiger partial charge in [-0.3, -0.25) is 0 Å². The molecule has 0 aliphatic rings. The van der Waals surface area contributed by atoms with Crippen molar-refractivity contribution in [2.75, 3.05) is 9.80 Å². The molecule has 0 aliphatic carbocycles. The van der Waals surface area contributed by atoms with Crippen LogP contribution < -0.4 is 9.80 Å². The van der Waals surface area contributed by atoms with E-state index < -0.39 is 0 Å². The lowest BCUT2D eigenvalue weighted by atomic mass is 9.78. The van der Waals surface area contributed by atoms with Gasteiger partial charge in [-0.2, -0.15) is 0 Å². The van der Waals surface area contributed by atoms with Crippen molar-refractivity contribution in [3.63, 3.8) is 0 Å². The number of aromatic nitrogens is 4. The van der Waals surface area contributed by atoms with Crippen LogP contribution in [0.2, 0.25) is 0 Å². The molecule has 10 heterocycles. The number of benzene rings is 16. The van der Waals surface area contributed by atoms with Gasteiger partial charge in [0.1, 0.15) is 11.2 Å². The molecule has 0 saturated carbocycles. The largest absolute Gasteiger partial charge is 0.454 e. The topological polar surface area (TPSA) is 50.4 Å². The van der Waals surface area contributed by atoms with Crippen LogP contribution in [0.3, 0.4) is 0 Å². The number of anilines is 6. The number of nitrogens with zero attached hydrogens (tertiary/aromatic N) is 6. The Morgan fingerprint density at radius 2 is 0.574 bits per heavy atom. The molecule has 0 aliphatic heterocycles. The number of aryl methyl sites for hydroxylation is 1. The SMILES string of the molecule is Cc1ccccc1N(c1ccc2c3cc(C(C)(C)C)cc4c5cc6c(cc5n(c2c1)c34)c1cc(C(C)(C)C)cc2c3cc(C(C)(C)Cc4ccc5oc7c(N(c8ccccc8)c8ccc9c%10cc(C(C)(C)C)cc%11c%12cc%13c(cc%12n(c9c8)c%10%11)c8cc(C(C)(C)C)cc9c%10cc(C(C)(C)C)ccc%10n%13c98)cccc7c5c4)ccc3n6c21)c1cccc2c1oc1ccccc12. The van der Waals surface area contributed by atoms with Gasteiger partial charge in [-0.05, 0) is 260 Å². The van der Waals surface area contributed by atoms with Gasteiger partial charge in [0, 0.05) is 130 Å². The van der Waals surface area contributed by atoms with Gasteiger partial charge in [0.25, 0.3) is 0 Å². The van der Waals surface area contributed by atoms with Gasteiger partial charge in [0.2, 0.25) is 0 Å². The van der Waals surface area contributed by atoms with Gasteiger partial charge in [-0.25, -0.2) is 0 Å². The first-order valence-corrected chi connectivity index (χ1v) is 46.2. The Kier molecular flexibility index (Phi) is 15.0. The molecule has 0 fully saturated rings. The van der Waals surface area contributed by atoms with Crippen molar-refractivity contribution in [2.45, 2.75) is 164 Å². The van der Waals surface area contributed by atoms with Crippen LogP contribution in [0.1, 0.15) is 162 Å². The van der Waals surface area contributed by atoms with Crippen molar-refractivity contribution in [3.05, 3.63) is 324 Å². The minimum Gasteiger partial charge on any atom is -0.454 e. The van der Waals surface area contributed by atoms with Crippen LogP contribution >= 0.6 is 0 Å². The average Bonchev–Trinajstić information content (AvgIpc) is 1.51. The van der Waals surface area contributed by atoms with Crippen LogP contribution in [-0.4, -0.2) is 17.6 Å². The summed E-state index contributed by atoms with van der Waals surface area (Å²) in [5, 5.41) is 24.9. The summed E-state index contributed by atoms with van der Waals surface area (Å²) in [6, 6.07) is 107. The molecule has 0 unspecified atom stereocenters. The maximum Gasteiger partial charge on any atom is 0.159 e. The average molecular weight is 1670 g/mol. The predicted octanol–water partition coefficient (Wildman–Crippen LogP) is 34.3. The predicted molar refractivity (Wildman–Crippen MR) is 550 cm³/mol. The second kappa shape index (κ2) is 25.4. The summed E-state index contributed by atoms with van der Waals surface area (Å²) in [4.78, 5) is 4.84. The van der Waals surface area contributed by atoms with Crippen molar-refractivity contribution >= 4 is 230 Å². The van der Waals surface area contributed by atoms with Crippen molar-refractivity contribution in [1.82, 2.24) is 17.6 Å². The van der Waals surface area contributed by atoms with E-state index >= 15 is 0 Å². The third-order valence-corrected chi connectivity index (χ3v) is 29.8. The minimum atomic E-state index is -0.269. The van der Waals surface area contributed by atoms with E-state index in [1.165, 1.54) is 197 Å². The van der Waals surface area contributed by atoms with Crippen molar-refractivity contribution < 1.29 is 8.83 Å². The summed E-state index contributed by atoms with van der Waals surface area (Å²) in [6.07, 6.45) is 0.818. The first kappa shape index (κ1) is 76.2. The third-order valence-electron chi connectivity index (χ3n) is 29.8. The van der Waals surface area contributed by atoms with Crippen LogP contribution in [0, 0.1) is 6.92 Å². The Bertz CT molecular complexity index is 9350. The summed E-state index contributed by atoms with van der Waals surface area (Å²) in [5.74, 6) is 0. The maximum atomic E-state index is 7.28. The highest BCUT2D eigenvalue weighted by Gasteiger charge is 2.35. The first-order chi connectivity index (χ1) is 61.7. The van der Waals surface area contributed by atoms with E-state index in [2.05, 4.69) is 431 Å². The summed E-state index contributed by atoms with van der Waals surface area (Å²) in [5.41, 5.74) is 34.4. The number of rotatable bonds is 9. The molecule has 0 saturated heterocycles. The zero-order valence-electron chi connectivity index (χ0n) is 76.8. The Morgan fingerprint density at radius 3 is 1.04 bits per heavy atom. The lowest BCUT2D eigenvalue weighted by Crippen LogP contribution is -2.20. The van der Waals surface area contributed by atoms with E-state index in [0.29, 0.717) is 0 Å². The molecule has 0 atom stereocenters. The quantitative estimate of drug-likeness (QED) is 0.145. The first-order valence-electron chi connectivity index (χ1n) is 46.2. The van der Waals surface area contributed by atoms with Crippen molar-refractivity contribution in [2.24, 2.45) is 0 Å². The van der Waals surface area contributed by atoms with E-state index in [1.807, 2.05) is 0 Å². The van der Waals surface area contributed by atoms with Crippen LogP contribution in [0.15, 0.2) is 288 Å². The molecule has 0 bridgehead atoms. The molecule has 8 nitrogen and oxygen atoms in total. The lowest BCUT2D eigenvalue weighted by Gasteiger charge is -2.27.